The third-order valence-electron chi connectivity index (χ3n) is 2.98. The lowest BCUT2D eigenvalue weighted by atomic mass is 10.2. The molecule has 0 spiro atoms. The predicted molar refractivity (Wildman–Crippen MR) is 86.0 cm³/mol. The molecule has 0 radical (unpaired) electrons. The van der Waals surface area contributed by atoms with Crippen molar-refractivity contribution >= 4 is 44.2 Å². The van der Waals surface area contributed by atoms with Crippen LogP contribution in [0.4, 0.5) is 0 Å². The van der Waals surface area contributed by atoms with Crippen LogP contribution < -0.4 is 4.18 Å². The fourth-order valence-electron chi connectivity index (χ4n) is 1.95. The van der Waals surface area contributed by atoms with Crippen LogP contribution in [0.25, 0.3) is 10.9 Å². The Hall–Kier alpha value is -1.82. The first-order valence-corrected chi connectivity index (χ1v) is 8.37. The maximum atomic E-state index is 12.3. The minimum atomic E-state index is -3.98. The molecule has 3 rings (SSSR count). The maximum Gasteiger partial charge on any atom is 0.339 e. The summed E-state index contributed by atoms with van der Waals surface area (Å²) in [6.45, 7) is 0. The van der Waals surface area contributed by atoms with Gasteiger partial charge in [-0.05, 0) is 48.5 Å². The second-order valence-electron chi connectivity index (χ2n) is 4.44. The smallest absolute Gasteiger partial charge is 0.339 e. The Balaban J connectivity index is 2.06. The molecule has 3 aromatic rings. The van der Waals surface area contributed by atoms with E-state index in [9.17, 15) is 8.42 Å². The number of pyridine rings is 1. The Morgan fingerprint density at radius 1 is 0.955 bits per heavy atom. The number of hydrogen-bond donors (Lipinski definition) is 0. The van der Waals surface area contributed by atoms with E-state index >= 15 is 0 Å². The molecule has 0 saturated heterocycles. The van der Waals surface area contributed by atoms with Crippen molar-refractivity contribution in [3.05, 3.63) is 64.8 Å². The van der Waals surface area contributed by atoms with Crippen LogP contribution in [0, 0.1) is 0 Å². The topological polar surface area (TPSA) is 56.3 Å². The number of aromatic nitrogens is 1. The van der Waals surface area contributed by atoms with Crippen LogP contribution in [0.1, 0.15) is 0 Å². The van der Waals surface area contributed by atoms with E-state index < -0.39 is 10.1 Å². The van der Waals surface area contributed by atoms with Gasteiger partial charge in [0.2, 0.25) is 0 Å². The average molecular weight is 354 g/mol. The quantitative estimate of drug-likeness (QED) is 0.658. The lowest BCUT2D eigenvalue weighted by Crippen LogP contribution is -2.10. The molecule has 0 unspecified atom stereocenters. The van der Waals surface area contributed by atoms with Crippen LogP contribution in [-0.2, 0) is 10.1 Å². The van der Waals surface area contributed by atoms with Gasteiger partial charge >= 0.3 is 10.1 Å². The molecule has 0 atom stereocenters. The lowest BCUT2D eigenvalue weighted by molar-refractivity contribution is 0.488. The van der Waals surface area contributed by atoms with Crippen molar-refractivity contribution in [1.29, 1.82) is 0 Å². The summed E-state index contributed by atoms with van der Waals surface area (Å²) in [5, 5.41) is 1.53. The predicted octanol–water partition coefficient (Wildman–Crippen LogP) is 4.31. The van der Waals surface area contributed by atoms with Gasteiger partial charge in [0.1, 0.15) is 10.4 Å². The minimum absolute atomic E-state index is 0.0101. The third kappa shape index (κ3) is 2.88. The van der Waals surface area contributed by atoms with Gasteiger partial charge in [-0.15, -0.1) is 0 Å². The number of nitrogens with zero attached hydrogens (tertiary/aromatic N) is 1. The van der Waals surface area contributed by atoms with Gasteiger partial charge in [0.25, 0.3) is 0 Å². The van der Waals surface area contributed by atoms with Gasteiger partial charge in [-0.25, -0.2) is 0 Å². The molecule has 0 N–H and O–H groups in total. The SMILES string of the molecule is O=S(=O)(Oc1ccc(Cl)c2cccnc12)c1ccc(Cl)cc1. The minimum Gasteiger partial charge on any atom is -0.377 e. The van der Waals surface area contributed by atoms with Gasteiger partial charge in [-0.1, -0.05) is 23.2 Å². The first kappa shape index (κ1) is 15.1. The Morgan fingerprint density at radius 3 is 2.41 bits per heavy atom. The number of hydrogen-bond acceptors (Lipinski definition) is 4. The van der Waals surface area contributed by atoms with Gasteiger partial charge in [-0.2, -0.15) is 8.42 Å². The van der Waals surface area contributed by atoms with Crippen molar-refractivity contribution < 1.29 is 12.6 Å². The highest BCUT2D eigenvalue weighted by molar-refractivity contribution is 7.87. The van der Waals surface area contributed by atoms with Crippen LogP contribution in [-0.4, -0.2) is 13.4 Å². The van der Waals surface area contributed by atoms with E-state index in [4.69, 9.17) is 27.4 Å². The zero-order valence-corrected chi connectivity index (χ0v) is 13.4. The van der Waals surface area contributed by atoms with Crippen molar-refractivity contribution in [2.75, 3.05) is 0 Å². The largest absolute Gasteiger partial charge is 0.377 e. The molecule has 0 aliphatic rings. The van der Waals surface area contributed by atoms with Gasteiger partial charge < -0.3 is 4.18 Å². The highest BCUT2D eigenvalue weighted by atomic mass is 35.5. The normalized spacial score (nSPS) is 11.5. The Bertz CT molecular complexity index is 941. The molecule has 4 nitrogen and oxygen atoms in total. The summed E-state index contributed by atoms with van der Waals surface area (Å²) < 4.78 is 29.8. The Morgan fingerprint density at radius 2 is 1.68 bits per heavy atom. The average Bonchev–Trinajstić information content (AvgIpc) is 2.51. The molecule has 0 bridgehead atoms. The molecule has 22 heavy (non-hydrogen) atoms. The number of fused-ring (bicyclic) bond motifs is 1. The second kappa shape index (κ2) is 5.76. The van der Waals surface area contributed by atoms with Crippen molar-refractivity contribution in [2.45, 2.75) is 4.90 Å². The summed E-state index contributed by atoms with van der Waals surface area (Å²) in [5.41, 5.74) is 0.382. The van der Waals surface area contributed by atoms with E-state index in [0.717, 1.165) is 0 Å². The molecule has 2 aromatic carbocycles. The first-order chi connectivity index (χ1) is 10.5. The molecule has 7 heteroatoms. The molecule has 0 aliphatic heterocycles. The highest BCUT2D eigenvalue weighted by Crippen LogP contribution is 2.31. The number of halogens is 2. The zero-order chi connectivity index (χ0) is 15.7. The summed E-state index contributed by atoms with van der Waals surface area (Å²) in [5.74, 6) is 0.120. The van der Waals surface area contributed by atoms with E-state index in [1.54, 1.807) is 24.4 Å². The molecule has 0 amide bonds. The molecule has 0 saturated carbocycles. The molecule has 1 heterocycles. The van der Waals surface area contributed by atoms with Crippen molar-refractivity contribution in [3.63, 3.8) is 0 Å². The monoisotopic (exact) mass is 353 g/mol. The van der Waals surface area contributed by atoms with E-state index in [0.29, 0.717) is 20.9 Å². The summed E-state index contributed by atoms with van der Waals surface area (Å²) in [7, 11) is -3.98. The first-order valence-electron chi connectivity index (χ1n) is 6.21. The van der Waals surface area contributed by atoms with Crippen molar-refractivity contribution in [1.82, 2.24) is 4.98 Å². The summed E-state index contributed by atoms with van der Waals surface area (Å²) in [4.78, 5) is 4.15. The lowest BCUT2D eigenvalue weighted by Gasteiger charge is -2.09. The summed E-state index contributed by atoms with van der Waals surface area (Å²) in [6, 6.07) is 12.2. The van der Waals surface area contributed by atoms with Gasteiger partial charge in [0.15, 0.2) is 5.75 Å². The summed E-state index contributed by atoms with van der Waals surface area (Å²) >= 11 is 11.8. The van der Waals surface area contributed by atoms with Crippen LogP contribution in [0.2, 0.25) is 10.0 Å². The van der Waals surface area contributed by atoms with E-state index in [-0.39, 0.29) is 10.6 Å². The molecule has 1 aromatic heterocycles. The summed E-state index contributed by atoms with van der Waals surface area (Å²) in [6.07, 6.45) is 1.54. The highest BCUT2D eigenvalue weighted by Gasteiger charge is 2.19. The third-order valence-corrected chi connectivity index (χ3v) is 4.81. The van der Waals surface area contributed by atoms with E-state index in [1.807, 2.05) is 0 Å². The Kier molecular flexibility index (Phi) is 3.95. The standard InChI is InChI=1S/C15H9Cl2NO3S/c16-10-3-5-11(6-4-10)22(19,20)21-14-8-7-13(17)12-2-1-9-18-15(12)14/h1-9H. The van der Waals surface area contributed by atoms with Gasteiger partial charge in [0.05, 0.1) is 5.02 Å². The molecular formula is C15H9Cl2NO3S. The zero-order valence-electron chi connectivity index (χ0n) is 11.0. The van der Waals surface area contributed by atoms with Gasteiger partial charge in [-0.3, -0.25) is 4.98 Å². The Labute approximate surface area is 137 Å². The number of rotatable bonds is 3. The van der Waals surface area contributed by atoms with Gasteiger partial charge in [0, 0.05) is 16.6 Å². The van der Waals surface area contributed by atoms with Crippen molar-refractivity contribution in [2.24, 2.45) is 0 Å². The molecular weight excluding hydrogens is 345 g/mol. The maximum absolute atomic E-state index is 12.3. The fraction of sp³-hybridized carbons (Fsp3) is 0. The molecule has 0 aliphatic carbocycles. The van der Waals surface area contributed by atoms with Crippen LogP contribution in [0.3, 0.4) is 0 Å². The van der Waals surface area contributed by atoms with Crippen LogP contribution in [0.5, 0.6) is 5.75 Å². The van der Waals surface area contributed by atoms with Crippen molar-refractivity contribution in [3.8, 4) is 5.75 Å². The molecule has 0 fully saturated rings. The van der Waals surface area contributed by atoms with Crippen LogP contribution in [0.15, 0.2) is 59.6 Å². The number of benzene rings is 2. The second-order valence-corrected chi connectivity index (χ2v) is 6.83. The van der Waals surface area contributed by atoms with Crippen LogP contribution >= 0.6 is 23.2 Å². The fourth-order valence-corrected chi connectivity index (χ4v) is 3.22. The van der Waals surface area contributed by atoms with E-state index in [1.165, 1.54) is 30.3 Å². The molecule has 112 valence electrons. The van der Waals surface area contributed by atoms with E-state index in [2.05, 4.69) is 4.98 Å².